The van der Waals surface area contributed by atoms with Gasteiger partial charge in [-0.3, -0.25) is 4.79 Å². The van der Waals surface area contributed by atoms with E-state index in [2.05, 4.69) is 15.3 Å². The SMILES string of the molecule is C[C@@H](NC(=O)CCCN1CCCC1)c1ccccc1-n1cccn1. The Hall–Kier alpha value is -2.14. The number of benzene rings is 1. The van der Waals surface area contributed by atoms with Crippen LogP contribution in [0.4, 0.5) is 0 Å². The second kappa shape index (κ2) is 8.11. The number of carbonyl (C=O) groups excluding carboxylic acids is 1. The molecule has 1 amide bonds. The van der Waals surface area contributed by atoms with E-state index in [1.807, 2.05) is 48.1 Å². The number of amides is 1. The van der Waals surface area contributed by atoms with E-state index in [1.165, 1.54) is 25.9 Å². The molecule has 3 rings (SSSR count). The predicted octanol–water partition coefficient (Wildman–Crippen LogP) is 2.93. The zero-order valence-electron chi connectivity index (χ0n) is 14.3. The third kappa shape index (κ3) is 4.23. The van der Waals surface area contributed by atoms with Gasteiger partial charge < -0.3 is 10.2 Å². The largest absolute Gasteiger partial charge is 0.350 e. The molecule has 128 valence electrons. The number of nitrogens with one attached hydrogen (secondary N) is 1. The van der Waals surface area contributed by atoms with Gasteiger partial charge in [-0.05, 0) is 63.5 Å². The van der Waals surface area contributed by atoms with Crippen molar-refractivity contribution in [1.29, 1.82) is 0 Å². The summed E-state index contributed by atoms with van der Waals surface area (Å²) in [4.78, 5) is 14.7. The number of hydrogen-bond donors (Lipinski definition) is 1. The van der Waals surface area contributed by atoms with E-state index < -0.39 is 0 Å². The summed E-state index contributed by atoms with van der Waals surface area (Å²) in [6, 6.07) is 9.93. The normalized spacial score (nSPS) is 16.2. The van der Waals surface area contributed by atoms with E-state index in [1.54, 1.807) is 6.20 Å². The molecule has 0 unspecified atom stereocenters. The molecule has 24 heavy (non-hydrogen) atoms. The van der Waals surface area contributed by atoms with Crippen LogP contribution in [0.1, 0.15) is 44.2 Å². The highest BCUT2D eigenvalue weighted by atomic mass is 16.1. The van der Waals surface area contributed by atoms with Crippen LogP contribution in [-0.2, 0) is 4.79 Å². The molecule has 0 saturated carbocycles. The van der Waals surface area contributed by atoms with Gasteiger partial charge in [0.15, 0.2) is 0 Å². The van der Waals surface area contributed by atoms with Gasteiger partial charge in [0.05, 0.1) is 11.7 Å². The van der Waals surface area contributed by atoms with Crippen LogP contribution in [0.3, 0.4) is 0 Å². The first-order valence-electron chi connectivity index (χ1n) is 8.85. The van der Waals surface area contributed by atoms with Gasteiger partial charge in [-0.25, -0.2) is 4.68 Å². The summed E-state index contributed by atoms with van der Waals surface area (Å²) in [7, 11) is 0. The summed E-state index contributed by atoms with van der Waals surface area (Å²) < 4.78 is 1.84. The minimum absolute atomic E-state index is 0.0373. The zero-order valence-corrected chi connectivity index (χ0v) is 14.3. The first-order valence-corrected chi connectivity index (χ1v) is 8.85. The standard InChI is InChI=1S/C19H26N4O/c1-16(21-19(24)10-6-14-22-12-4-5-13-22)17-8-2-3-9-18(17)23-15-7-11-20-23/h2-3,7-9,11,15-16H,4-6,10,12-14H2,1H3,(H,21,24)/t16-/m1/s1. The maximum Gasteiger partial charge on any atom is 0.220 e. The highest BCUT2D eigenvalue weighted by Crippen LogP contribution is 2.21. The second-order valence-electron chi connectivity index (χ2n) is 6.45. The monoisotopic (exact) mass is 326 g/mol. The fourth-order valence-electron chi connectivity index (χ4n) is 3.33. The summed E-state index contributed by atoms with van der Waals surface area (Å²) in [5.74, 6) is 0.122. The van der Waals surface area contributed by atoms with Crippen LogP contribution in [0.15, 0.2) is 42.7 Å². The number of rotatable bonds is 7. The van der Waals surface area contributed by atoms with Gasteiger partial charge in [0.2, 0.25) is 5.91 Å². The van der Waals surface area contributed by atoms with Gasteiger partial charge in [0, 0.05) is 18.8 Å². The van der Waals surface area contributed by atoms with Crippen LogP contribution in [0.5, 0.6) is 0 Å². The maximum absolute atomic E-state index is 12.2. The molecule has 1 aliphatic rings. The Bertz CT molecular complexity index is 647. The summed E-state index contributed by atoms with van der Waals surface area (Å²) in [5, 5.41) is 7.43. The molecule has 1 fully saturated rings. The van der Waals surface area contributed by atoms with Crippen LogP contribution in [-0.4, -0.2) is 40.2 Å². The van der Waals surface area contributed by atoms with Crippen molar-refractivity contribution in [3.63, 3.8) is 0 Å². The van der Waals surface area contributed by atoms with Gasteiger partial charge in [-0.1, -0.05) is 18.2 Å². The molecule has 1 saturated heterocycles. The lowest BCUT2D eigenvalue weighted by Gasteiger charge is -2.19. The van der Waals surface area contributed by atoms with Crippen LogP contribution in [0.25, 0.3) is 5.69 Å². The van der Waals surface area contributed by atoms with Crippen molar-refractivity contribution in [2.24, 2.45) is 0 Å². The van der Waals surface area contributed by atoms with E-state index in [0.717, 1.165) is 24.2 Å². The van der Waals surface area contributed by atoms with Crippen molar-refractivity contribution in [2.75, 3.05) is 19.6 Å². The van der Waals surface area contributed by atoms with Gasteiger partial charge in [-0.2, -0.15) is 5.10 Å². The molecule has 1 aromatic heterocycles. The van der Waals surface area contributed by atoms with E-state index in [-0.39, 0.29) is 11.9 Å². The summed E-state index contributed by atoms with van der Waals surface area (Å²) in [6.45, 7) is 5.44. The number of hydrogen-bond acceptors (Lipinski definition) is 3. The Morgan fingerprint density at radius 1 is 1.25 bits per heavy atom. The van der Waals surface area contributed by atoms with E-state index in [0.29, 0.717) is 6.42 Å². The Morgan fingerprint density at radius 3 is 2.79 bits per heavy atom. The fraction of sp³-hybridized carbons (Fsp3) is 0.474. The fourth-order valence-corrected chi connectivity index (χ4v) is 3.33. The molecule has 2 heterocycles. The summed E-state index contributed by atoms with van der Waals surface area (Å²) in [6.07, 6.45) is 7.80. The Labute approximate surface area is 143 Å². The molecule has 5 heteroatoms. The smallest absolute Gasteiger partial charge is 0.220 e. The van der Waals surface area contributed by atoms with E-state index >= 15 is 0 Å². The first kappa shape index (κ1) is 16.7. The Morgan fingerprint density at radius 2 is 2.04 bits per heavy atom. The average Bonchev–Trinajstić information content (AvgIpc) is 3.28. The third-order valence-corrected chi connectivity index (χ3v) is 4.61. The number of nitrogens with zero attached hydrogens (tertiary/aromatic N) is 3. The van der Waals surface area contributed by atoms with Crippen molar-refractivity contribution in [2.45, 2.75) is 38.6 Å². The Balaban J connectivity index is 1.54. The van der Waals surface area contributed by atoms with Crippen LogP contribution in [0.2, 0.25) is 0 Å². The van der Waals surface area contributed by atoms with E-state index in [4.69, 9.17) is 0 Å². The maximum atomic E-state index is 12.2. The molecule has 0 spiro atoms. The van der Waals surface area contributed by atoms with Crippen molar-refractivity contribution in [3.8, 4) is 5.69 Å². The van der Waals surface area contributed by atoms with Crippen LogP contribution >= 0.6 is 0 Å². The highest BCUT2D eigenvalue weighted by molar-refractivity contribution is 5.76. The van der Waals surface area contributed by atoms with Gasteiger partial charge in [0.1, 0.15) is 0 Å². The topological polar surface area (TPSA) is 50.2 Å². The van der Waals surface area contributed by atoms with Crippen molar-refractivity contribution in [3.05, 3.63) is 48.3 Å². The highest BCUT2D eigenvalue weighted by Gasteiger charge is 2.15. The molecule has 1 aliphatic heterocycles. The third-order valence-electron chi connectivity index (χ3n) is 4.61. The van der Waals surface area contributed by atoms with Crippen molar-refractivity contribution in [1.82, 2.24) is 20.0 Å². The molecule has 5 nitrogen and oxygen atoms in total. The Kier molecular flexibility index (Phi) is 5.64. The lowest BCUT2D eigenvalue weighted by molar-refractivity contribution is -0.121. The number of aromatic nitrogens is 2. The number of carbonyl (C=O) groups is 1. The van der Waals surface area contributed by atoms with E-state index in [9.17, 15) is 4.79 Å². The quantitative estimate of drug-likeness (QED) is 0.851. The zero-order chi connectivity index (χ0) is 16.8. The van der Waals surface area contributed by atoms with Gasteiger partial charge in [0.25, 0.3) is 0 Å². The number of likely N-dealkylation sites (tertiary alicyclic amines) is 1. The molecular weight excluding hydrogens is 300 g/mol. The molecular formula is C19H26N4O. The lowest BCUT2D eigenvalue weighted by atomic mass is 10.1. The summed E-state index contributed by atoms with van der Waals surface area (Å²) in [5.41, 5.74) is 2.08. The van der Waals surface area contributed by atoms with Crippen molar-refractivity contribution < 1.29 is 4.79 Å². The molecule has 0 radical (unpaired) electrons. The second-order valence-corrected chi connectivity index (χ2v) is 6.45. The molecule has 2 aromatic rings. The summed E-state index contributed by atoms with van der Waals surface area (Å²) >= 11 is 0. The molecule has 1 atom stereocenters. The number of para-hydroxylation sites is 1. The average molecular weight is 326 g/mol. The molecule has 0 aliphatic carbocycles. The lowest BCUT2D eigenvalue weighted by Crippen LogP contribution is -2.28. The minimum atomic E-state index is -0.0373. The van der Waals surface area contributed by atoms with Gasteiger partial charge >= 0.3 is 0 Å². The predicted molar refractivity (Wildman–Crippen MR) is 95.0 cm³/mol. The van der Waals surface area contributed by atoms with Gasteiger partial charge in [-0.15, -0.1) is 0 Å². The molecule has 0 bridgehead atoms. The van der Waals surface area contributed by atoms with Crippen LogP contribution < -0.4 is 5.32 Å². The molecule has 1 aromatic carbocycles. The molecule has 1 N–H and O–H groups in total. The first-order chi connectivity index (χ1) is 11.7. The minimum Gasteiger partial charge on any atom is -0.350 e. The van der Waals surface area contributed by atoms with Crippen LogP contribution in [0, 0.1) is 0 Å². The van der Waals surface area contributed by atoms with Crippen molar-refractivity contribution >= 4 is 5.91 Å².